The average Bonchev–Trinajstić information content (AvgIpc) is 2.34. The van der Waals surface area contributed by atoms with E-state index < -0.39 is 0 Å². The number of rotatable bonds is 4. The summed E-state index contributed by atoms with van der Waals surface area (Å²) in [6.45, 7) is 6.06. The molecule has 0 amide bonds. The molecular weight excluding hydrogens is 234 g/mol. The maximum atomic E-state index is 6.06. The monoisotopic (exact) mass is 253 g/mol. The van der Waals surface area contributed by atoms with E-state index in [0.29, 0.717) is 6.61 Å². The van der Waals surface area contributed by atoms with Crippen LogP contribution in [0.3, 0.4) is 0 Å². The highest BCUT2D eigenvalue weighted by atomic mass is 35.5. The Morgan fingerprint density at radius 1 is 1.24 bits per heavy atom. The minimum absolute atomic E-state index is 0.703. The Labute approximate surface area is 109 Å². The molecular formula is C14H20ClNO. The summed E-state index contributed by atoms with van der Waals surface area (Å²) in [6.07, 6.45) is 3.99. The Morgan fingerprint density at radius 2 is 2.00 bits per heavy atom. The molecule has 2 rings (SSSR count). The van der Waals surface area contributed by atoms with E-state index in [9.17, 15) is 0 Å². The van der Waals surface area contributed by atoms with Gasteiger partial charge in [0.15, 0.2) is 0 Å². The summed E-state index contributed by atoms with van der Waals surface area (Å²) >= 11 is 6.06. The van der Waals surface area contributed by atoms with Crippen molar-refractivity contribution in [2.24, 2.45) is 0 Å². The van der Waals surface area contributed by atoms with Crippen LogP contribution in [0.2, 0.25) is 5.02 Å². The first-order valence-electron chi connectivity index (χ1n) is 6.43. The molecule has 0 unspecified atom stereocenters. The molecule has 0 N–H and O–H groups in total. The summed E-state index contributed by atoms with van der Waals surface area (Å²) in [6, 6.07) is 5.90. The van der Waals surface area contributed by atoms with Crippen molar-refractivity contribution in [1.29, 1.82) is 0 Å². The number of halogens is 1. The molecule has 1 saturated heterocycles. The van der Waals surface area contributed by atoms with Gasteiger partial charge in [0.25, 0.3) is 0 Å². The number of benzene rings is 1. The Kier molecular flexibility index (Phi) is 4.69. The quantitative estimate of drug-likeness (QED) is 0.811. The summed E-state index contributed by atoms with van der Waals surface area (Å²) in [4.78, 5) is 2.48. The maximum absolute atomic E-state index is 6.06. The number of hydrogen-bond acceptors (Lipinski definition) is 2. The van der Waals surface area contributed by atoms with Crippen LogP contribution in [0.25, 0.3) is 0 Å². The van der Waals surface area contributed by atoms with Gasteiger partial charge in [-0.2, -0.15) is 0 Å². The second kappa shape index (κ2) is 6.27. The third kappa shape index (κ3) is 3.62. The van der Waals surface area contributed by atoms with Gasteiger partial charge in [-0.3, -0.25) is 4.90 Å². The van der Waals surface area contributed by atoms with E-state index in [0.717, 1.165) is 17.3 Å². The van der Waals surface area contributed by atoms with Crippen molar-refractivity contribution in [3.63, 3.8) is 0 Å². The molecule has 0 atom stereocenters. The summed E-state index contributed by atoms with van der Waals surface area (Å²) in [5, 5.41) is 0.792. The van der Waals surface area contributed by atoms with Crippen LogP contribution in [0.4, 0.5) is 0 Å². The highest BCUT2D eigenvalue weighted by Crippen LogP contribution is 2.25. The molecule has 1 aliphatic rings. The van der Waals surface area contributed by atoms with E-state index in [1.807, 2.05) is 25.1 Å². The molecule has 1 aliphatic heterocycles. The molecule has 0 radical (unpaired) electrons. The van der Waals surface area contributed by atoms with Crippen molar-refractivity contribution in [1.82, 2.24) is 4.90 Å². The molecule has 2 nitrogen and oxygen atoms in total. The number of nitrogens with zero attached hydrogens (tertiary/aromatic N) is 1. The summed E-state index contributed by atoms with van der Waals surface area (Å²) in [5.41, 5.74) is 1.21. The topological polar surface area (TPSA) is 12.5 Å². The van der Waals surface area contributed by atoms with Crippen molar-refractivity contribution in [3.8, 4) is 5.75 Å². The molecule has 1 aromatic rings. The number of ether oxygens (including phenoxy) is 1. The van der Waals surface area contributed by atoms with E-state index in [1.54, 1.807) is 0 Å². The highest BCUT2D eigenvalue weighted by molar-refractivity contribution is 6.30. The van der Waals surface area contributed by atoms with Crippen LogP contribution >= 0.6 is 11.6 Å². The smallest absolute Gasteiger partial charge is 0.123 e. The van der Waals surface area contributed by atoms with Gasteiger partial charge in [-0.05, 0) is 51.1 Å². The van der Waals surface area contributed by atoms with Gasteiger partial charge in [-0.1, -0.05) is 18.0 Å². The predicted molar refractivity (Wildman–Crippen MR) is 71.7 cm³/mol. The van der Waals surface area contributed by atoms with Gasteiger partial charge in [0.1, 0.15) is 5.75 Å². The van der Waals surface area contributed by atoms with Crippen molar-refractivity contribution in [2.75, 3.05) is 19.7 Å². The minimum Gasteiger partial charge on any atom is -0.494 e. The molecule has 0 bridgehead atoms. The standard InChI is InChI=1S/C14H20ClNO/c1-2-17-14-7-6-13(15)10-12(14)11-16-8-4-3-5-9-16/h6-7,10H,2-5,8-9,11H2,1H3. The molecule has 1 heterocycles. The molecule has 0 spiro atoms. The van der Waals surface area contributed by atoms with Crippen molar-refractivity contribution >= 4 is 11.6 Å². The lowest BCUT2D eigenvalue weighted by Gasteiger charge is -2.27. The molecule has 0 aromatic heterocycles. The fourth-order valence-electron chi connectivity index (χ4n) is 2.33. The summed E-state index contributed by atoms with van der Waals surface area (Å²) < 4.78 is 5.65. The predicted octanol–water partition coefficient (Wildman–Crippen LogP) is 3.72. The normalized spacial score (nSPS) is 17.1. The first-order valence-corrected chi connectivity index (χ1v) is 6.81. The lowest BCUT2D eigenvalue weighted by Crippen LogP contribution is -2.29. The molecule has 0 aliphatic carbocycles. The molecule has 3 heteroatoms. The van der Waals surface area contributed by atoms with Crippen molar-refractivity contribution in [3.05, 3.63) is 28.8 Å². The molecule has 1 aromatic carbocycles. The van der Waals surface area contributed by atoms with E-state index in [-0.39, 0.29) is 0 Å². The van der Waals surface area contributed by atoms with E-state index in [4.69, 9.17) is 16.3 Å². The summed E-state index contributed by atoms with van der Waals surface area (Å²) in [5.74, 6) is 0.975. The van der Waals surface area contributed by atoms with Gasteiger partial charge in [0.05, 0.1) is 6.61 Å². The lowest BCUT2D eigenvalue weighted by molar-refractivity contribution is 0.216. The van der Waals surface area contributed by atoms with Gasteiger partial charge in [-0.25, -0.2) is 0 Å². The third-order valence-corrected chi connectivity index (χ3v) is 3.40. The van der Waals surface area contributed by atoms with Crippen LogP contribution in [0, 0.1) is 0 Å². The fourth-order valence-corrected chi connectivity index (χ4v) is 2.52. The Bertz CT molecular complexity index is 361. The number of likely N-dealkylation sites (tertiary alicyclic amines) is 1. The Morgan fingerprint density at radius 3 is 2.71 bits per heavy atom. The maximum Gasteiger partial charge on any atom is 0.123 e. The van der Waals surface area contributed by atoms with Gasteiger partial charge >= 0.3 is 0 Å². The summed E-state index contributed by atoms with van der Waals surface area (Å²) in [7, 11) is 0. The Balaban J connectivity index is 2.08. The second-order valence-electron chi connectivity index (χ2n) is 4.52. The van der Waals surface area contributed by atoms with Crippen molar-refractivity contribution < 1.29 is 4.74 Å². The zero-order valence-electron chi connectivity index (χ0n) is 10.4. The zero-order chi connectivity index (χ0) is 12.1. The van der Waals surface area contributed by atoms with Crippen LogP contribution in [0.15, 0.2) is 18.2 Å². The molecule has 94 valence electrons. The number of piperidine rings is 1. The van der Waals surface area contributed by atoms with Crippen LogP contribution in [0.5, 0.6) is 5.75 Å². The molecule has 0 saturated carbocycles. The van der Waals surface area contributed by atoms with E-state index >= 15 is 0 Å². The van der Waals surface area contributed by atoms with Gasteiger partial charge in [0.2, 0.25) is 0 Å². The van der Waals surface area contributed by atoms with E-state index in [1.165, 1.54) is 37.9 Å². The van der Waals surface area contributed by atoms with Crippen LogP contribution in [0.1, 0.15) is 31.7 Å². The molecule has 17 heavy (non-hydrogen) atoms. The minimum atomic E-state index is 0.703. The lowest BCUT2D eigenvalue weighted by atomic mass is 10.1. The molecule has 1 fully saturated rings. The fraction of sp³-hybridized carbons (Fsp3) is 0.571. The van der Waals surface area contributed by atoms with Gasteiger partial charge in [-0.15, -0.1) is 0 Å². The third-order valence-electron chi connectivity index (χ3n) is 3.17. The van der Waals surface area contributed by atoms with Gasteiger partial charge in [0, 0.05) is 17.1 Å². The SMILES string of the molecule is CCOc1ccc(Cl)cc1CN1CCCCC1. The average molecular weight is 254 g/mol. The van der Waals surface area contributed by atoms with Crippen LogP contribution in [-0.4, -0.2) is 24.6 Å². The van der Waals surface area contributed by atoms with Crippen LogP contribution < -0.4 is 4.74 Å². The number of hydrogen-bond donors (Lipinski definition) is 0. The van der Waals surface area contributed by atoms with Crippen molar-refractivity contribution in [2.45, 2.75) is 32.7 Å². The Hall–Kier alpha value is -0.730. The van der Waals surface area contributed by atoms with Gasteiger partial charge < -0.3 is 4.74 Å². The first kappa shape index (κ1) is 12.7. The van der Waals surface area contributed by atoms with E-state index in [2.05, 4.69) is 4.90 Å². The highest BCUT2D eigenvalue weighted by Gasteiger charge is 2.13. The van der Waals surface area contributed by atoms with Crippen LogP contribution in [-0.2, 0) is 6.54 Å². The largest absolute Gasteiger partial charge is 0.494 e. The zero-order valence-corrected chi connectivity index (χ0v) is 11.2. The second-order valence-corrected chi connectivity index (χ2v) is 4.96. The first-order chi connectivity index (χ1) is 8.29.